The average molecular weight is 316 g/mol. The molecule has 2 bridgehead atoms. The van der Waals surface area contributed by atoms with Crippen LogP contribution < -0.4 is 0 Å². The standard InChI is InChI=1S/C21H33NO/c1-4-5-13-22(3)20-17-9-7-6-8-12-21(20,2)19-15-18(23)11-10-16(19)14-17/h10-11,15,17,20,23H,4-9,12-14H2,1-3H3/t17-,20-,21+/m0/s1. The van der Waals surface area contributed by atoms with Gasteiger partial charge in [0.2, 0.25) is 0 Å². The second-order valence-electron chi connectivity index (χ2n) is 8.10. The molecule has 0 heterocycles. The minimum atomic E-state index is 0.180. The van der Waals surface area contributed by atoms with Gasteiger partial charge < -0.3 is 10.0 Å². The Labute approximate surface area is 141 Å². The van der Waals surface area contributed by atoms with Crippen LogP contribution in [-0.4, -0.2) is 29.6 Å². The van der Waals surface area contributed by atoms with Crippen molar-refractivity contribution < 1.29 is 5.11 Å². The molecule has 0 saturated heterocycles. The predicted molar refractivity (Wildman–Crippen MR) is 97.1 cm³/mol. The number of aromatic hydroxyl groups is 1. The first kappa shape index (κ1) is 16.8. The molecule has 2 aliphatic rings. The molecule has 0 aliphatic heterocycles. The lowest BCUT2D eigenvalue weighted by Crippen LogP contribution is -2.56. The average Bonchev–Trinajstić information content (AvgIpc) is 2.52. The van der Waals surface area contributed by atoms with Crippen LogP contribution in [0.5, 0.6) is 5.75 Å². The van der Waals surface area contributed by atoms with Gasteiger partial charge in [0.05, 0.1) is 0 Å². The Morgan fingerprint density at radius 3 is 2.87 bits per heavy atom. The van der Waals surface area contributed by atoms with Crippen LogP contribution in [0.25, 0.3) is 0 Å². The van der Waals surface area contributed by atoms with Crippen LogP contribution in [0.4, 0.5) is 0 Å². The Morgan fingerprint density at radius 2 is 2.09 bits per heavy atom. The SMILES string of the molecule is CCCCN(C)[C@H]1[C@H]2CCCCC[C@]1(C)c1cc(O)ccc1C2. The molecule has 1 saturated carbocycles. The van der Waals surface area contributed by atoms with Crippen molar-refractivity contribution in [3.05, 3.63) is 29.3 Å². The Hall–Kier alpha value is -1.02. The molecule has 0 spiro atoms. The second-order valence-corrected chi connectivity index (χ2v) is 8.10. The van der Waals surface area contributed by atoms with Crippen molar-refractivity contribution in [2.75, 3.05) is 13.6 Å². The Bertz CT molecular complexity index is 541. The third kappa shape index (κ3) is 3.15. The fourth-order valence-electron chi connectivity index (χ4n) is 5.36. The number of hydrogen-bond donors (Lipinski definition) is 1. The Kier molecular flexibility index (Phi) is 5.01. The maximum absolute atomic E-state index is 10.1. The van der Waals surface area contributed by atoms with Crippen LogP contribution in [0.1, 0.15) is 69.9 Å². The molecule has 1 aromatic carbocycles. The number of phenolic OH excluding ortho intramolecular Hbond substituents is 1. The maximum atomic E-state index is 10.1. The van der Waals surface area contributed by atoms with E-state index in [9.17, 15) is 5.11 Å². The summed E-state index contributed by atoms with van der Waals surface area (Å²) in [6.45, 7) is 5.94. The quantitative estimate of drug-likeness (QED) is 0.855. The maximum Gasteiger partial charge on any atom is 0.115 e. The van der Waals surface area contributed by atoms with Crippen molar-refractivity contribution >= 4 is 0 Å². The highest BCUT2D eigenvalue weighted by Crippen LogP contribution is 2.49. The first-order chi connectivity index (χ1) is 11.1. The number of rotatable bonds is 4. The number of likely N-dealkylation sites (N-methyl/N-ethyl adjacent to an activating group) is 1. The number of benzene rings is 1. The van der Waals surface area contributed by atoms with E-state index in [2.05, 4.69) is 37.9 Å². The molecule has 1 aromatic rings. The summed E-state index contributed by atoms with van der Waals surface area (Å²) in [4.78, 5) is 2.65. The van der Waals surface area contributed by atoms with Gasteiger partial charge in [0.25, 0.3) is 0 Å². The lowest BCUT2D eigenvalue weighted by molar-refractivity contribution is 0.0633. The van der Waals surface area contributed by atoms with Gasteiger partial charge in [-0.3, -0.25) is 0 Å². The molecule has 128 valence electrons. The zero-order valence-electron chi connectivity index (χ0n) is 15.1. The van der Waals surface area contributed by atoms with Gasteiger partial charge in [-0.05, 0) is 68.5 Å². The zero-order valence-corrected chi connectivity index (χ0v) is 15.1. The summed E-state index contributed by atoms with van der Waals surface area (Å²) in [5, 5.41) is 10.1. The molecule has 1 N–H and O–H groups in total. The van der Waals surface area contributed by atoms with E-state index in [0.29, 0.717) is 11.8 Å². The molecule has 1 fully saturated rings. The highest BCUT2D eigenvalue weighted by atomic mass is 16.3. The molecular formula is C21H33NO. The summed E-state index contributed by atoms with van der Waals surface area (Å²) in [6.07, 6.45) is 10.4. The van der Waals surface area contributed by atoms with Crippen molar-refractivity contribution in [1.29, 1.82) is 0 Å². The Morgan fingerprint density at radius 1 is 1.26 bits per heavy atom. The normalized spacial score (nSPS) is 30.6. The van der Waals surface area contributed by atoms with E-state index >= 15 is 0 Å². The van der Waals surface area contributed by atoms with Crippen molar-refractivity contribution in [2.24, 2.45) is 5.92 Å². The molecule has 3 atom stereocenters. The zero-order chi connectivity index (χ0) is 16.4. The van der Waals surface area contributed by atoms with Gasteiger partial charge in [0.1, 0.15) is 5.75 Å². The van der Waals surface area contributed by atoms with Crippen LogP contribution in [0, 0.1) is 5.92 Å². The van der Waals surface area contributed by atoms with Crippen molar-refractivity contribution in [3.63, 3.8) is 0 Å². The van der Waals surface area contributed by atoms with Gasteiger partial charge in [0, 0.05) is 11.5 Å². The molecule has 2 heteroatoms. The minimum Gasteiger partial charge on any atom is -0.508 e. The summed E-state index contributed by atoms with van der Waals surface area (Å²) in [6, 6.07) is 6.74. The fourth-order valence-corrected chi connectivity index (χ4v) is 5.36. The van der Waals surface area contributed by atoms with Crippen LogP contribution in [0.2, 0.25) is 0 Å². The molecule has 0 unspecified atom stereocenters. The van der Waals surface area contributed by atoms with Gasteiger partial charge in [0.15, 0.2) is 0 Å². The van der Waals surface area contributed by atoms with Crippen molar-refractivity contribution in [2.45, 2.75) is 76.7 Å². The minimum absolute atomic E-state index is 0.180. The van der Waals surface area contributed by atoms with Crippen LogP contribution >= 0.6 is 0 Å². The highest BCUT2D eigenvalue weighted by molar-refractivity contribution is 5.44. The fraction of sp³-hybridized carbons (Fsp3) is 0.714. The molecular weight excluding hydrogens is 282 g/mol. The van der Waals surface area contributed by atoms with E-state index in [0.717, 1.165) is 5.92 Å². The van der Waals surface area contributed by atoms with Crippen molar-refractivity contribution in [1.82, 2.24) is 4.90 Å². The summed E-state index contributed by atoms with van der Waals surface area (Å²) >= 11 is 0. The summed E-state index contributed by atoms with van der Waals surface area (Å²) in [5.41, 5.74) is 3.08. The van der Waals surface area contributed by atoms with E-state index in [1.165, 1.54) is 69.0 Å². The third-order valence-corrected chi connectivity index (χ3v) is 6.40. The van der Waals surface area contributed by atoms with Gasteiger partial charge in [-0.15, -0.1) is 0 Å². The lowest BCUT2D eigenvalue weighted by Gasteiger charge is -2.52. The summed E-state index contributed by atoms with van der Waals surface area (Å²) in [5.74, 6) is 1.19. The molecule has 0 aromatic heterocycles. The predicted octanol–water partition coefficient (Wildman–Crippen LogP) is 4.89. The van der Waals surface area contributed by atoms with Crippen molar-refractivity contribution in [3.8, 4) is 5.75 Å². The first-order valence-corrected chi connectivity index (χ1v) is 9.59. The summed E-state index contributed by atoms with van der Waals surface area (Å²) in [7, 11) is 2.33. The van der Waals surface area contributed by atoms with Gasteiger partial charge in [-0.2, -0.15) is 0 Å². The molecule has 3 rings (SSSR count). The number of unbranched alkanes of at least 4 members (excludes halogenated alkanes) is 1. The van der Waals surface area contributed by atoms with Crippen LogP contribution in [-0.2, 0) is 11.8 Å². The van der Waals surface area contributed by atoms with E-state index in [1.54, 1.807) is 0 Å². The number of fused-ring (bicyclic) bond motifs is 4. The topological polar surface area (TPSA) is 23.5 Å². The second kappa shape index (κ2) is 6.84. The van der Waals surface area contributed by atoms with Gasteiger partial charge >= 0.3 is 0 Å². The highest BCUT2D eigenvalue weighted by Gasteiger charge is 2.47. The largest absolute Gasteiger partial charge is 0.508 e. The molecule has 2 nitrogen and oxygen atoms in total. The van der Waals surface area contributed by atoms with Gasteiger partial charge in [-0.25, -0.2) is 0 Å². The van der Waals surface area contributed by atoms with Crippen LogP contribution in [0.15, 0.2) is 18.2 Å². The van der Waals surface area contributed by atoms with Gasteiger partial charge in [-0.1, -0.05) is 45.6 Å². The van der Waals surface area contributed by atoms with E-state index < -0.39 is 0 Å². The smallest absolute Gasteiger partial charge is 0.115 e. The summed E-state index contributed by atoms with van der Waals surface area (Å²) < 4.78 is 0. The number of phenols is 1. The first-order valence-electron chi connectivity index (χ1n) is 9.59. The number of nitrogens with zero attached hydrogens (tertiary/aromatic N) is 1. The molecule has 0 amide bonds. The number of hydrogen-bond acceptors (Lipinski definition) is 2. The third-order valence-electron chi connectivity index (χ3n) is 6.40. The monoisotopic (exact) mass is 315 g/mol. The van der Waals surface area contributed by atoms with Crippen LogP contribution in [0.3, 0.4) is 0 Å². The lowest BCUT2D eigenvalue weighted by atomic mass is 9.59. The Balaban J connectivity index is 2.03. The van der Waals surface area contributed by atoms with E-state index in [-0.39, 0.29) is 5.41 Å². The molecule has 2 aliphatic carbocycles. The molecule has 0 radical (unpaired) electrons. The van der Waals surface area contributed by atoms with E-state index in [4.69, 9.17) is 0 Å². The molecule has 23 heavy (non-hydrogen) atoms. The van der Waals surface area contributed by atoms with E-state index in [1.807, 2.05) is 6.07 Å².